The van der Waals surface area contributed by atoms with Crippen LogP contribution in [0.25, 0.3) is 0 Å². The van der Waals surface area contributed by atoms with Gasteiger partial charge in [0.1, 0.15) is 0 Å². The average molecular weight is 184 g/mol. The summed E-state index contributed by atoms with van der Waals surface area (Å²) in [4.78, 5) is 22.9. The molecule has 0 spiro atoms. The second-order valence-corrected chi connectivity index (χ2v) is 3.00. The van der Waals surface area contributed by atoms with Gasteiger partial charge in [-0.3, -0.25) is 4.79 Å². The van der Waals surface area contributed by atoms with Crippen molar-refractivity contribution in [3.05, 3.63) is 12.2 Å². The molecule has 5 nitrogen and oxygen atoms in total. The van der Waals surface area contributed by atoms with Gasteiger partial charge in [0, 0.05) is 31.3 Å². The molecule has 0 aromatic carbocycles. The molecule has 0 aromatic rings. The zero-order valence-corrected chi connectivity index (χ0v) is 7.14. The molecule has 0 aliphatic carbocycles. The number of nitrogens with two attached hydrogens (primary N) is 1. The summed E-state index contributed by atoms with van der Waals surface area (Å²) >= 11 is 0. The number of likely N-dealkylation sites (tertiary alicyclic amines) is 1. The lowest BCUT2D eigenvalue weighted by Gasteiger charge is -2.12. The molecule has 1 fully saturated rings. The van der Waals surface area contributed by atoms with Crippen molar-refractivity contribution >= 4 is 11.9 Å². The molecule has 5 heteroatoms. The Morgan fingerprint density at radius 1 is 1.46 bits per heavy atom. The number of hydrogen-bond donors (Lipinski definition) is 2. The standard InChI is InChI=1S/C8H12N2O3/c9-6-3-4-10(5-6)7(11)1-2-8(12)13/h1-2,6H,3-5,9H2,(H,12,13)/b2-1+/t6-/m1/s1. The lowest BCUT2D eigenvalue weighted by atomic mass is 10.3. The van der Waals surface area contributed by atoms with Gasteiger partial charge in [0.25, 0.3) is 0 Å². The van der Waals surface area contributed by atoms with E-state index in [4.69, 9.17) is 10.8 Å². The molecule has 0 unspecified atom stereocenters. The van der Waals surface area contributed by atoms with Crippen LogP contribution in [0.1, 0.15) is 6.42 Å². The SMILES string of the molecule is N[C@@H]1CCN(C(=O)/C=C/C(=O)O)C1. The van der Waals surface area contributed by atoms with Crippen molar-refractivity contribution in [3.63, 3.8) is 0 Å². The number of amides is 1. The largest absolute Gasteiger partial charge is 0.478 e. The van der Waals surface area contributed by atoms with Gasteiger partial charge in [0.2, 0.25) is 5.91 Å². The van der Waals surface area contributed by atoms with Gasteiger partial charge >= 0.3 is 5.97 Å². The van der Waals surface area contributed by atoms with Crippen LogP contribution in [-0.4, -0.2) is 41.0 Å². The van der Waals surface area contributed by atoms with Gasteiger partial charge in [-0.2, -0.15) is 0 Å². The van der Waals surface area contributed by atoms with Gasteiger partial charge in [-0.05, 0) is 6.42 Å². The smallest absolute Gasteiger partial charge is 0.328 e. The quantitative estimate of drug-likeness (QED) is 0.549. The maximum absolute atomic E-state index is 11.2. The fraction of sp³-hybridized carbons (Fsp3) is 0.500. The van der Waals surface area contributed by atoms with E-state index in [0.29, 0.717) is 13.1 Å². The summed E-state index contributed by atoms with van der Waals surface area (Å²) in [6, 6.07) is 0.0298. The maximum atomic E-state index is 11.2. The van der Waals surface area contributed by atoms with Crippen LogP contribution in [0.15, 0.2) is 12.2 Å². The van der Waals surface area contributed by atoms with Crippen LogP contribution in [0.4, 0.5) is 0 Å². The van der Waals surface area contributed by atoms with Crippen molar-refractivity contribution in [3.8, 4) is 0 Å². The van der Waals surface area contributed by atoms with E-state index < -0.39 is 5.97 Å². The molecular formula is C8H12N2O3. The second kappa shape index (κ2) is 4.04. The van der Waals surface area contributed by atoms with Crippen LogP contribution >= 0.6 is 0 Å². The van der Waals surface area contributed by atoms with Crippen LogP contribution < -0.4 is 5.73 Å². The van der Waals surface area contributed by atoms with E-state index in [1.165, 1.54) is 0 Å². The summed E-state index contributed by atoms with van der Waals surface area (Å²) in [5.41, 5.74) is 5.58. The Kier molecular flexibility index (Phi) is 3.02. The number of carbonyl (C=O) groups is 2. The lowest BCUT2D eigenvalue weighted by Crippen LogP contribution is -2.30. The number of carbonyl (C=O) groups excluding carboxylic acids is 1. The van der Waals surface area contributed by atoms with Gasteiger partial charge in [-0.25, -0.2) is 4.79 Å². The molecule has 1 heterocycles. The van der Waals surface area contributed by atoms with Gasteiger partial charge in [0.15, 0.2) is 0 Å². The Morgan fingerprint density at radius 3 is 2.62 bits per heavy atom. The first-order chi connectivity index (χ1) is 6.09. The molecule has 72 valence electrons. The molecule has 1 rings (SSSR count). The summed E-state index contributed by atoms with van der Waals surface area (Å²) in [7, 11) is 0. The highest BCUT2D eigenvalue weighted by atomic mass is 16.4. The Bertz CT molecular complexity index is 250. The topological polar surface area (TPSA) is 83.6 Å². The molecule has 1 aliphatic heterocycles. The minimum absolute atomic E-state index is 0.0298. The molecule has 1 amide bonds. The number of hydrogen-bond acceptors (Lipinski definition) is 3. The molecule has 3 N–H and O–H groups in total. The predicted molar refractivity (Wildman–Crippen MR) is 45.9 cm³/mol. The minimum atomic E-state index is -1.11. The molecule has 0 aromatic heterocycles. The van der Waals surface area contributed by atoms with E-state index in [-0.39, 0.29) is 11.9 Å². The van der Waals surface area contributed by atoms with Crippen molar-refractivity contribution in [1.82, 2.24) is 4.90 Å². The number of nitrogens with zero attached hydrogens (tertiary/aromatic N) is 1. The van der Waals surface area contributed by atoms with Crippen LogP contribution in [0.3, 0.4) is 0 Å². The first-order valence-corrected chi connectivity index (χ1v) is 4.05. The molecule has 1 atom stereocenters. The molecule has 0 bridgehead atoms. The number of carboxylic acids is 1. The normalized spacial score (nSPS) is 22.5. The Balaban J connectivity index is 2.44. The van der Waals surface area contributed by atoms with Crippen molar-refractivity contribution in [2.45, 2.75) is 12.5 Å². The summed E-state index contributed by atoms with van der Waals surface area (Å²) < 4.78 is 0. The predicted octanol–water partition coefficient (Wildman–Crippen LogP) is -0.813. The summed E-state index contributed by atoms with van der Waals surface area (Å²) in [5.74, 6) is -1.40. The molecule has 1 aliphatic rings. The lowest BCUT2D eigenvalue weighted by molar-refractivity contribution is -0.132. The van der Waals surface area contributed by atoms with E-state index in [2.05, 4.69) is 0 Å². The molecule has 0 radical (unpaired) electrons. The van der Waals surface area contributed by atoms with Gasteiger partial charge in [0.05, 0.1) is 0 Å². The third-order valence-corrected chi connectivity index (χ3v) is 1.90. The van der Waals surface area contributed by atoms with Crippen molar-refractivity contribution < 1.29 is 14.7 Å². The number of carboxylic acid groups (broad SMARTS) is 1. The van der Waals surface area contributed by atoms with Gasteiger partial charge in [-0.1, -0.05) is 0 Å². The van der Waals surface area contributed by atoms with E-state index in [9.17, 15) is 9.59 Å². The highest BCUT2D eigenvalue weighted by Crippen LogP contribution is 2.06. The Labute approximate surface area is 75.8 Å². The first-order valence-electron chi connectivity index (χ1n) is 4.05. The Morgan fingerprint density at radius 2 is 2.15 bits per heavy atom. The molecule has 13 heavy (non-hydrogen) atoms. The second-order valence-electron chi connectivity index (χ2n) is 3.00. The van der Waals surface area contributed by atoms with Crippen LogP contribution in [-0.2, 0) is 9.59 Å². The van der Waals surface area contributed by atoms with E-state index in [1.807, 2.05) is 0 Å². The first kappa shape index (κ1) is 9.73. The maximum Gasteiger partial charge on any atom is 0.328 e. The summed E-state index contributed by atoms with van der Waals surface area (Å²) in [6.07, 6.45) is 2.68. The average Bonchev–Trinajstić information content (AvgIpc) is 2.47. The highest BCUT2D eigenvalue weighted by molar-refractivity contribution is 5.94. The van der Waals surface area contributed by atoms with Gasteiger partial charge in [-0.15, -0.1) is 0 Å². The van der Waals surface area contributed by atoms with E-state index >= 15 is 0 Å². The number of aliphatic carboxylic acids is 1. The monoisotopic (exact) mass is 184 g/mol. The number of rotatable bonds is 2. The van der Waals surface area contributed by atoms with Crippen molar-refractivity contribution in [2.24, 2.45) is 5.73 Å². The third kappa shape index (κ3) is 2.87. The summed E-state index contributed by atoms with van der Waals surface area (Å²) in [5, 5.41) is 8.27. The zero-order valence-electron chi connectivity index (χ0n) is 7.14. The summed E-state index contributed by atoms with van der Waals surface area (Å²) in [6.45, 7) is 1.13. The fourth-order valence-corrected chi connectivity index (χ4v) is 1.24. The third-order valence-electron chi connectivity index (χ3n) is 1.90. The highest BCUT2D eigenvalue weighted by Gasteiger charge is 2.21. The molecule has 1 saturated heterocycles. The molecular weight excluding hydrogens is 172 g/mol. The minimum Gasteiger partial charge on any atom is -0.478 e. The zero-order chi connectivity index (χ0) is 9.84. The van der Waals surface area contributed by atoms with Crippen LogP contribution in [0.5, 0.6) is 0 Å². The van der Waals surface area contributed by atoms with Crippen molar-refractivity contribution in [1.29, 1.82) is 0 Å². The fourth-order valence-electron chi connectivity index (χ4n) is 1.24. The van der Waals surface area contributed by atoms with E-state index in [1.54, 1.807) is 4.90 Å². The van der Waals surface area contributed by atoms with Crippen LogP contribution in [0.2, 0.25) is 0 Å². The van der Waals surface area contributed by atoms with Crippen LogP contribution in [0, 0.1) is 0 Å². The Hall–Kier alpha value is -1.36. The van der Waals surface area contributed by atoms with Gasteiger partial charge < -0.3 is 15.7 Å². The molecule has 0 saturated carbocycles. The van der Waals surface area contributed by atoms with E-state index in [0.717, 1.165) is 18.6 Å². The van der Waals surface area contributed by atoms with Crippen molar-refractivity contribution in [2.75, 3.05) is 13.1 Å².